The number of likely N-dealkylation sites (tertiary alicyclic amines) is 1. The smallest absolute Gasteiger partial charge is 0.189 e. The molecule has 26 heavy (non-hydrogen) atoms. The van der Waals surface area contributed by atoms with Gasteiger partial charge < -0.3 is 9.55 Å². The molecule has 5 nitrogen and oxygen atoms in total. The monoisotopic (exact) mass is 350 g/mol. The number of pyridine rings is 1. The van der Waals surface area contributed by atoms with Crippen molar-refractivity contribution in [2.45, 2.75) is 39.8 Å². The molecule has 136 valence electrons. The number of piperidine rings is 1. The number of aryl methyl sites for hydroxylation is 2. The molecule has 0 amide bonds. The highest BCUT2D eigenvalue weighted by Crippen LogP contribution is 2.21. The van der Waals surface area contributed by atoms with Crippen LogP contribution in [0.4, 0.5) is 0 Å². The van der Waals surface area contributed by atoms with Gasteiger partial charge in [-0.15, -0.1) is 0 Å². The molecule has 1 aliphatic heterocycles. The number of fused-ring (bicyclic) bond motifs is 1. The molecule has 0 radical (unpaired) electrons. The van der Waals surface area contributed by atoms with Gasteiger partial charge in [-0.05, 0) is 57.8 Å². The minimum absolute atomic E-state index is 0.114. The molecule has 1 N–H and O–H groups in total. The van der Waals surface area contributed by atoms with Crippen LogP contribution in [0.25, 0.3) is 10.9 Å². The van der Waals surface area contributed by atoms with Crippen LogP contribution in [0.1, 0.15) is 29.9 Å². The highest BCUT2D eigenvalue weighted by molar-refractivity contribution is 5.79. The number of H-pyrrole nitrogens is 1. The van der Waals surface area contributed by atoms with Crippen LogP contribution in [-0.2, 0) is 13.1 Å². The van der Waals surface area contributed by atoms with Gasteiger partial charge in [0.25, 0.3) is 0 Å². The number of nitrogens with one attached hydrogen (secondary N) is 1. The van der Waals surface area contributed by atoms with Crippen molar-refractivity contribution in [3.63, 3.8) is 0 Å². The molecule has 1 aliphatic rings. The fourth-order valence-corrected chi connectivity index (χ4v) is 3.94. The standard InChI is InChI=1S/C21H26N4O/c1-15-3-4-20-19(11-15)21(26)12-18(23-20)14-24-8-5-17(6-9-24)13-25-10-7-22-16(25)2/h3-4,7,10-12,17H,5-6,8-9,13-14H2,1-2H3,(H,23,26). The van der Waals surface area contributed by atoms with E-state index in [9.17, 15) is 4.79 Å². The van der Waals surface area contributed by atoms with E-state index in [4.69, 9.17) is 0 Å². The van der Waals surface area contributed by atoms with Gasteiger partial charge in [0.05, 0.1) is 0 Å². The van der Waals surface area contributed by atoms with Crippen molar-refractivity contribution in [2.75, 3.05) is 13.1 Å². The van der Waals surface area contributed by atoms with Crippen molar-refractivity contribution in [2.24, 2.45) is 5.92 Å². The van der Waals surface area contributed by atoms with Crippen LogP contribution in [0.3, 0.4) is 0 Å². The Morgan fingerprint density at radius 3 is 2.73 bits per heavy atom. The number of aromatic amines is 1. The zero-order valence-electron chi connectivity index (χ0n) is 15.5. The molecule has 1 saturated heterocycles. The summed E-state index contributed by atoms with van der Waals surface area (Å²) in [7, 11) is 0. The van der Waals surface area contributed by atoms with E-state index < -0.39 is 0 Å². The largest absolute Gasteiger partial charge is 0.357 e. The molecular formula is C21H26N4O. The first-order valence-corrected chi connectivity index (χ1v) is 9.41. The molecule has 3 aromatic rings. The fraction of sp³-hybridized carbons (Fsp3) is 0.429. The second kappa shape index (κ2) is 7.08. The highest BCUT2D eigenvalue weighted by Gasteiger charge is 2.20. The molecule has 4 rings (SSSR count). The predicted molar refractivity (Wildman–Crippen MR) is 104 cm³/mol. The van der Waals surface area contributed by atoms with Crippen LogP contribution in [0, 0.1) is 19.8 Å². The second-order valence-corrected chi connectivity index (χ2v) is 7.55. The SMILES string of the molecule is Cc1ccc2[nH]c(CN3CCC(Cn4ccnc4C)CC3)cc(=O)c2c1. The van der Waals surface area contributed by atoms with Gasteiger partial charge in [-0.25, -0.2) is 4.98 Å². The van der Waals surface area contributed by atoms with Crippen molar-refractivity contribution in [1.82, 2.24) is 19.4 Å². The molecule has 3 heterocycles. The summed E-state index contributed by atoms with van der Waals surface area (Å²) in [4.78, 5) is 22.6. The fourth-order valence-electron chi connectivity index (χ4n) is 3.94. The summed E-state index contributed by atoms with van der Waals surface area (Å²) < 4.78 is 2.25. The average molecular weight is 350 g/mol. The van der Waals surface area contributed by atoms with E-state index >= 15 is 0 Å². The number of benzene rings is 1. The molecule has 0 spiro atoms. The third-order valence-electron chi connectivity index (χ3n) is 5.52. The Morgan fingerprint density at radius 1 is 1.19 bits per heavy atom. The molecule has 5 heteroatoms. The lowest BCUT2D eigenvalue weighted by molar-refractivity contribution is 0.165. The predicted octanol–water partition coefficient (Wildman–Crippen LogP) is 3.25. The summed E-state index contributed by atoms with van der Waals surface area (Å²) in [5.41, 5.74) is 3.17. The van der Waals surface area contributed by atoms with Crippen LogP contribution in [0.15, 0.2) is 41.5 Å². The van der Waals surface area contributed by atoms with Crippen LogP contribution in [0.5, 0.6) is 0 Å². The van der Waals surface area contributed by atoms with E-state index in [1.54, 1.807) is 6.07 Å². The van der Waals surface area contributed by atoms with E-state index in [0.717, 1.165) is 54.2 Å². The van der Waals surface area contributed by atoms with Gasteiger partial charge in [0.2, 0.25) is 0 Å². The van der Waals surface area contributed by atoms with Gasteiger partial charge >= 0.3 is 0 Å². The van der Waals surface area contributed by atoms with Crippen LogP contribution in [-0.4, -0.2) is 32.5 Å². The van der Waals surface area contributed by atoms with Crippen molar-refractivity contribution in [3.8, 4) is 0 Å². The van der Waals surface area contributed by atoms with Crippen molar-refractivity contribution in [3.05, 3.63) is 64.0 Å². The average Bonchev–Trinajstić information content (AvgIpc) is 3.02. The summed E-state index contributed by atoms with van der Waals surface area (Å²) in [5, 5.41) is 0.781. The van der Waals surface area contributed by atoms with Gasteiger partial charge in [0.15, 0.2) is 5.43 Å². The summed E-state index contributed by atoms with van der Waals surface area (Å²) in [6.45, 7) is 8.11. The van der Waals surface area contributed by atoms with E-state index in [0.29, 0.717) is 5.92 Å². The maximum atomic E-state index is 12.4. The molecule has 1 fully saturated rings. The first-order valence-electron chi connectivity index (χ1n) is 9.41. The third kappa shape index (κ3) is 3.58. The van der Waals surface area contributed by atoms with Crippen LogP contribution in [0.2, 0.25) is 0 Å². The van der Waals surface area contributed by atoms with E-state index in [-0.39, 0.29) is 5.43 Å². The first kappa shape index (κ1) is 17.0. The Kier molecular flexibility index (Phi) is 4.64. The number of imidazole rings is 1. The molecule has 2 aromatic heterocycles. The minimum atomic E-state index is 0.114. The molecule has 1 aromatic carbocycles. The third-order valence-corrected chi connectivity index (χ3v) is 5.52. The summed E-state index contributed by atoms with van der Waals surface area (Å²) in [6.07, 6.45) is 6.33. The zero-order valence-corrected chi connectivity index (χ0v) is 15.5. The molecule has 0 aliphatic carbocycles. The number of hydrogen-bond acceptors (Lipinski definition) is 3. The lowest BCUT2D eigenvalue weighted by atomic mass is 9.96. The number of hydrogen-bond donors (Lipinski definition) is 1. The maximum absolute atomic E-state index is 12.4. The van der Waals surface area contributed by atoms with Gasteiger partial charge in [0.1, 0.15) is 5.82 Å². The zero-order chi connectivity index (χ0) is 18.1. The van der Waals surface area contributed by atoms with Crippen molar-refractivity contribution < 1.29 is 0 Å². The minimum Gasteiger partial charge on any atom is -0.357 e. The Bertz CT molecular complexity index is 964. The Balaban J connectivity index is 1.40. The van der Waals surface area contributed by atoms with E-state index in [2.05, 4.69) is 32.6 Å². The summed E-state index contributed by atoms with van der Waals surface area (Å²) in [5.74, 6) is 1.80. The van der Waals surface area contributed by atoms with Crippen LogP contribution >= 0.6 is 0 Å². The lowest BCUT2D eigenvalue weighted by Crippen LogP contribution is -2.35. The van der Waals surface area contributed by atoms with Crippen molar-refractivity contribution >= 4 is 10.9 Å². The number of nitrogens with zero attached hydrogens (tertiary/aromatic N) is 3. The van der Waals surface area contributed by atoms with Gasteiger partial charge in [-0.3, -0.25) is 9.69 Å². The summed E-state index contributed by atoms with van der Waals surface area (Å²) in [6, 6.07) is 7.78. The quantitative estimate of drug-likeness (QED) is 0.786. The molecule has 0 bridgehead atoms. The normalized spacial score (nSPS) is 16.4. The Morgan fingerprint density at radius 2 is 2.00 bits per heavy atom. The summed E-state index contributed by atoms with van der Waals surface area (Å²) >= 11 is 0. The number of aromatic nitrogens is 3. The van der Waals surface area contributed by atoms with Gasteiger partial charge in [-0.2, -0.15) is 0 Å². The topological polar surface area (TPSA) is 53.9 Å². The molecule has 0 unspecified atom stereocenters. The highest BCUT2D eigenvalue weighted by atomic mass is 16.1. The molecule has 0 saturated carbocycles. The first-order chi connectivity index (χ1) is 12.6. The maximum Gasteiger partial charge on any atom is 0.189 e. The molecule has 0 atom stereocenters. The Labute approximate surface area is 153 Å². The Hall–Kier alpha value is -2.40. The van der Waals surface area contributed by atoms with E-state index in [1.807, 2.05) is 31.3 Å². The van der Waals surface area contributed by atoms with Crippen LogP contribution < -0.4 is 5.43 Å². The van der Waals surface area contributed by atoms with E-state index in [1.165, 1.54) is 12.8 Å². The second-order valence-electron chi connectivity index (χ2n) is 7.55. The van der Waals surface area contributed by atoms with Crippen molar-refractivity contribution in [1.29, 1.82) is 0 Å². The lowest BCUT2D eigenvalue weighted by Gasteiger charge is -2.32. The van der Waals surface area contributed by atoms with Gasteiger partial charge in [-0.1, -0.05) is 11.6 Å². The molecular weight excluding hydrogens is 324 g/mol. The van der Waals surface area contributed by atoms with Gasteiger partial charge in [0, 0.05) is 48.1 Å². The number of rotatable bonds is 4.